The molecule has 0 aliphatic carbocycles. The molecule has 0 spiro atoms. The lowest BCUT2D eigenvalue weighted by molar-refractivity contribution is -0.143. The van der Waals surface area contributed by atoms with E-state index in [-0.39, 0.29) is 25.0 Å². The molecule has 13 heteroatoms. The molecule has 1 aromatic rings. The van der Waals surface area contributed by atoms with Crippen molar-refractivity contribution in [3.63, 3.8) is 0 Å². The van der Waals surface area contributed by atoms with Crippen LogP contribution < -0.4 is 21.7 Å². The Kier molecular flexibility index (Phi) is 11.6. The molecule has 13 nitrogen and oxygen atoms in total. The highest BCUT2D eigenvalue weighted by molar-refractivity contribution is 5.94. The third-order valence-corrected chi connectivity index (χ3v) is 5.06. The molecule has 0 radical (unpaired) electrons. The van der Waals surface area contributed by atoms with E-state index in [2.05, 4.69) is 16.0 Å². The summed E-state index contributed by atoms with van der Waals surface area (Å²) in [6.07, 6.45) is -0.568. The number of carboxylic acids is 2. The summed E-state index contributed by atoms with van der Waals surface area (Å²) in [6, 6.07) is 0.551. The molecule has 0 saturated heterocycles. The third-order valence-electron chi connectivity index (χ3n) is 5.06. The standard InChI is InChI=1S/C22H32N4O9/c1-11(2)18(26-19(31)14(23)7-8-17(29)30)21(33)24-15(9-12-3-5-13(28)6-4-12)20(32)25-16(10-27)22(34)35/h3-6,11,14-16,18,27-28H,7-10,23H2,1-2H3,(H,24,33)(H,25,32)(H,26,31)(H,29,30)(H,34,35). The van der Waals surface area contributed by atoms with Crippen LogP contribution in [0.1, 0.15) is 32.3 Å². The number of aliphatic carboxylic acids is 2. The first-order valence-electron chi connectivity index (χ1n) is 10.9. The third kappa shape index (κ3) is 9.98. The van der Waals surface area contributed by atoms with Crippen molar-refractivity contribution >= 4 is 29.7 Å². The van der Waals surface area contributed by atoms with Gasteiger partial charge in [-0.2, -0.15) is 0 Å². The summed E-state index contributed by atoms with van der Waals surface area (Å²) in [5.74, 6) is -5.46. The number of carbonyl (C=O) groups is 5. The fraction of sp³-hybridized carbons (Fsp3) is 0.500. The first-order chi connectivity index (χ1) is 16.3. The SMILES string of the molecule is CC(C)C(NC(=O)C(N)CCC(=O)O)C(=O)NC(Cc1ccc(O)cc1)C(=O)NC(CO)C(=O)O. The molecular formula is C22H32N4O9. The molecule has 3 amide bonds. The number of aliphatic hydroxyl groups excluding tert-OH is 1. The zero-order valence-corrected chi connectivity index (χ0v) is 19.4. The van der Waals surface area contributed by atoms with Crippen molar-refractivity contribution in [2.45, 2.75) is 57.3 Å². The van der Waals surface area contributed by atoms with Crippen molar-refractivity contribution in [1.29, 1.82) is 0 Å². The largest absolute Gasteiger partial charge is 0.508 e. The van der Waals surface area contributed by atoms with Gasteiger partial charge in [-0.3, -0.25) is 19.2 Å². The number of benzene rings is 1. The number of carbonyl (C=O) groups excluding carboxylic acids is 3. The number of hydrogen-bond acceptors (Lipinski definition) is 8. The molecule has 1 rings (SSSR count). The van der Waals surface area contributed by atoms with Crippen LogP contribution in [0, 0.1) is 5.92 Å². The zero-order chi connectivity index (χ0) is 26.7. The van der Waals surface area contributed by atoms with Gasteiger partial charge in [0.15, 0.2) is 0 Å². The minimum Gasteiger partial charge on any atom is -0.508 e. The van der Waals surface area contributed by atoms with Crippen molar-refractivity contribution in [2.75, 3.05) is 6.61 Å². The van der Waals surface area contributed by atoms with Crippen molar-refractivity contribution in [2.24, 2.45) is 11.7 Å². The van der Waals surface area contributed by atoms with Crippen LogP contribution in [-0.2, 0) is 30.4 Å². The first kappa shape index (κ1) is 29.3. The maximum Gasteiger partial charge on any atom is 0.328 e. The number of nitrogens with two attached hydrogens (primary N) is 1. The van der Waals surface area contributed by atoms with Crippen LogP contribution in [0.3, 0.4) is 0 Å². The first-order valence-corrected chi connectivity index (χ1v) is 10.9. The maximum absolute atomic E-state index is 13.0. The van der Waals surface area contributed by atoms with Gasteiger partial charge in [-0.1, -0.05) is 26.0 Å². The molecule has 9 N–H and O–H groups in total. The molecule has 4 atom stereocenters. The van der Waals surface area contributed by atoms with Gasteiger partial charge in [0, 0.05) is 12.8 Å². The van der Waals surface area contributed by atoms with Crippen LogP contribution in [0.25, 0.3) is 0 Å². The Morgan fingerprint density at radius 3 is 1.94 bits per heavy atom. The highest BCUT2D eigenvalue weighted by atomic mass is 16.4. The fourth-order valence-electron chi connectivity index (χ4n) is 3.00. The molecule has 0 saturated carbocycles. The van der Waals surface area contributed by atoms with E-state index in [0.717, 1.165) is 0 Å². The molecule has 194 valence electrons. The number of carboxylic acid groups (broad SMARTS) is 2. The van der Waals surface area contributed by atoms with Crippen LogP contribution in [0.2, 0.25) is 0 Å². The maximum atomic E-state index is 13.0. The summed E-state index contributed by atoms with van der Waals surface area (Å²) in [5.41, 5.74) is 6.23. The number of amides is 3. The number of aromatic hydroxyl groups is 1. The predicted molar refractivity (Wildman–Crippen MR) is 122 cm³/mol. The summed E-state index contributed by atoms with van der Waals surface area (Å²) in [5, 5.41) is 43.6. The Labute approximate surface area is 201 Å². The van der Waals surface area contributed by atoms with Crippen LogP contribution in [0.5, 0.6) is 5.75 Å². The molecular weight excluding hydrogens is 464 g/mol. The van der Waals surface area contributed by atoms with Crippen LogP contribution in [0.15, 0.2) is 24.3 Å². The van der Waals surface area contributed by atoms with E-state index in [9.17, 15) is 34.2 Å². The Bertz CT molecular complexity index is 905. The zero-order valence-electron chi connectivity index (χ0n) is 19.4. The van der Waals surface area contributed by atoms with Gasteiger partial charge in [0.1, 0.15) is 23.9 Å². The van der Waals surface area contributed by atoms with E-state index < -0.39 is 66.4 Å². The average Bonchev–Trinajstić information content (AvgIpc) is 2.79. The van der Waals surface area contributed by atoms with Crippen LogP contribution >= 0.6 is 0 Å². The highest BCUT2D eigenvalue weighted by Gasteiger charge is 2.31. The van der Waals surface area contributed by atoms with E-state index in [1.165, 1.54) is 24.3 Å². The Morgan fingerprint density at radius 1 is 0.886 bits per heavy atom. The van der Waals surface area contributed by atoms with E-state index in [4.69, 9.17) is 15.9 Å². The molecule has 1 aromatic carbocycles. The monoisotopic (exact) mass is 496 g/mol. The molecule has 0 aliphatic rings. The Morgan fingerprint density at radius 2 is 1.46 bits per heavy atom. The summed E-state index contributed by atoms with van der Waals surface area (Å²) in [4.78, 5) is 60.1. The predicted octanol–water partition coefficient (Wildman–Crippen LogP) is -1.69. The fourth-order valence-corrected chi connectivity index (χ4v) is 3.00. The van der Waals surface area contributed by atoms with Gasteiger partial charge in [0.2, 0.25) is 17.7 Å². The second kappa shape index (κ2) is 13.9. The molecule has 0 bridgehead atoms. The van der Waals surface area contributed by atoms with Gasteiger partial charge in [-0.15, -0.1) is 0 Å². The molecule has 0 aliphatic heterocycles. The molecule has 35 heavy (non-hydrogen) atoms. The van der Waals surface area contributed by atoms with Crippen molar-refractivity contribution in [1.82, 2.24) is 16.0 Å². The van der Waals surface area contributed by atoms with E-state index in [1.54, 1.807) is 13.8 Å². The quantitative estimate of drug-likeness (QED) is 0.146. The van der Waals surface area contributed by atoms with E-state index in [1.807, 2.05) is 0 Å². The number of nitrogens with one attached hydrogen (secondary N) is 3. The smallest absolute Gasteiger partial charge is 0.328 e. The van der Waals surface area contributed by atoms with E-state index >= 15 is 0 Å². The van der Waals surface area contributed by atoms with Gasteiger partial charge >= 0.3 is 11.9 Å². The summed E-state index contributed by atoms with van der Waals surface area (Å²) in [6.45, 7) is 2.39. The minimum absolute atomic E-state index is 0.0215. The summed E-state index contributed by atoms with van der Waals surface area (Å²) in [7, 11) is 0. The highest BCUT2D eigenvalue weighted by Crippen LogP contribution is 2.12. The van der Waals surface area contributed by atoms with Gasteiger partial charge in [-0.25, -0.2) is 4.79 Å². The van der Waals surface area contributed by atoms with Gasteiger partial charge < -0.3 is 42.1 Å². The molecule has 4 unspecified atom stereocenters. The topological polar surface area (TPSA) is 228 Å². The van der Waals surface area contributed by atoms with Crippen LogP contribution in [-0.4, -0.2) is 80.9 Å². The lowest BCUT2D eigenvalue weighted by atomic mass is 10.00. The Hall–Kier alpha value is -3.71. The number of aliphatic hydroxyl groups is 1. The lowest BCUT2D eigenvalue weighted by Gasteiger charge is -2.27. The van der Waals surface area contributed by atoms with Crippen molar-refractivity contribution < 1.29 is 44.4 Å². The van der Waals surface area contributed by atoms with Gasteiger partial charge in [-0.05, 0) is 30.0 Å². The number of phenols is 1. The van der Waals surface area contributed by atoms with Gasteiger partial charge in [0.25, 0.3) is 0 Å². The second-order valence-electron chi connectivity index (χ2n) is 8.28. The van der Waals surface area contributed by atoms with Crippen molar-refractivity contribution in [3.8, 4) is 5.75 Å². The molecule has 0 aromatic heterocycles. The van der Waals surface area contributed by atoms with Crippen LogP contribution in [0.4, 0.5) is 0 Å². The molecule has 0 heterocycles. The summed E-state index contributed by atoms with van der Waals surface area (Å²) >= 11 is 0. The second-order valence-corrected chi connectivity index (χ2v) is 8.28. The van der Waals surface area contributed by atoms with Crippen molar-refractivity contribution in [3.05, 3.63) is 29.8 Å². The van der Waals surface area contributed by atoms with E-state index in [0.29, 0.717) is 5.56 Å². The number of rotatable bonds is 14. The number of phenolic OH excluding ortho intramolecular Hbond substituents is 1. The Balaban J connectivity index is 3.05. The lowest BCUT2D eigenvalue weighted by Crippen LogP contribution is -2.59. The minimum atomic E-state index is -1.60. The normalized spacial score (nSPS) is 14.3. The molecule has 0 fully saturated rings. The summed E-state index contributed by atoms with van der Waals surface area (Å²) < 4.78 is 0. The van der Waals surface area contributed by atoms with Gasteiger partial charge in [0.05, 0.1) is 12.6 Å². The number of hydrogen-bond donors (Lipinski definition) is 8. The average molecular weight is 497 g/mol.